The molecule has 108 valence electrons. The molecular weight excluding hydrogens is 252 g/mol. The molecule has 0 aliphatic heterocycles. The van der Waals surface area contributed by atoms with Gasteiger partial charge >= 0.3 is 5.69 Å². The number of aliphatic hydroxyl groups is 1. The minimum atomic E-state index is -0.569. The smallest absolute Gasteiger partial charge is 0.330 e. The maximum absolute atomic E-state index is 11.7. The van der Waals surface area contributed by atoms with E-state index < -0.39 is 11.2 Å². The molecule has 5 N–H and O–H groups in total. The number of nitrogen functional groups attached to an aromatic ring is 1. The van der Waals surface area contributed by atoms with E-state index in [9.17, 15) is 9.59 Å². The van der Waals surface area contributed by atoms with E-state index in [4.69, 9.17) is 15.6 Å². The number of H-pyrrole nitrogens is 1. The first-order valence-corrected chi connectivity index (χ1v) is 5.97. The van der Waals surface area contributed by atoms with Crippen LogP contribution < -0.4 is 22.3 Å². The Morgan fingerprint density at radius 1 is 1.53 bits per heavy atom. The van der Waals surface area contributed by atoms with Gasteiger partial charge in [-0.3, -0.25) is 14.3 Å². The van der Waals surface area contributed by atoms with Crippen LogP contribution in [-0.2, 0) is 11.3 Å². The van der Waals surface area contributed by atoms with Gasteiger partial charge in [0.2, 0.25) is 0 Å². The van der Waals surface area contributed by atoms with E-state index in [1.54, 1.807) is 0 Å². The van der Waals surface area contributed by atoms with Gasteiger partial charge in [0.15, 0.2) is 0 Å². The number of rotatable bonds is 7. The summed E-state index contributed by atoms with van der Waals surface area (Å²) in [4.78, 5) is 25.5. The molecule has 0 spiro atoms. The quantitative estimate of drug-likeness (QED) is 0.495. The molecule has 1 atom stereocenters. The van der Waals surface area contributed by atoms with Crippen LogP contribution in [0.4, 0.5) is 11.5 Å². The number of ether oxygens (including phenoxy) is 1. The molecule has 0 aliphatic rings. The van der Waals surface area contributed by atoms with Crippen molar-refractivity contribution >= 4 is 11.5 Å². The lowest BCUT2D eigenvalue weighted by molar-refractivity contribution is 0.186. The van der Waals surface area contributed by atoms with Crippen LogP contribution in [0.5, 0.6) is 0 Å². The molecule has 8 nitrogen and oxygen atoms in total. The van der Waals surface area contributed by atoms with E-state index >= 15 is 0 Å². The number of methoxy groups -OCH3 is 1. The summed E-state index contributed by atoms with van der Waals surface area (Å²) in [7, 11) is 1.51. The average Bonchev–Trinajstić information content (AvgIpc) is 2.37. The lowest BCUT2D eigenvalue weighted by Gasteiger charge is -2.15. The maximum atomic E-state index is 11.7. The summed E-state index contributed by atoms with van der Waals surface area (Å²) in [5, 5.41) is 11.8. The van der Waals surface area contributed by atoms with Crippen molar-refractivity contribution in [2.75, 3.05) is 37.9 Å². The number of hydrogen-bond donors (Lipinski definition) is 4. The highest BCUT2D eigenvalue weighted by Gasteiger charge is 2.12. The van der Waals surface area contributed by atoms with Gasteiger partial charge in [0.1, 0.15) is 11.5 Å². The van der Waals surface area contributed by atoms with Crippen molar-refractivity contribution in [1.82, 2.24) is 9.55 Å². The number of aromatic amines is 1. The largest absolute Gasteiger partial charge is 0.396 e. The topological polar surface area (TPSA) is 122 Å². The Balaban J connectivity index is 3.03. The molecule has 1 aromatic rings. The fourth-order valence-electron chi connectivity index (χ4n) is 1.50. The summed E-state index contributed by atoms with van der Waals surface area (Å²) in [6.07, 6.45) is 0. The number of nitrogens with two attached hydrogens (primary N) is 1. The Morgan fingerprint density at radius 3 is 2.79 bits per heavy atom. The molecule has 1 rings (SSSR count). The highest BCUT2D eigenvalue weighted by molar-refractivity contribution is 5.60. The van der Waals surface area contributed by atoms with Gasteiger partial charge in [-0.25, -0.2) is 4.79 Å². The van der Waals surface area contributed by atoms with Gasteiger partial charge in [-0.1, -0.05) is 6.92 Å². The molecular formula is C11H20N4O4. The molecule has 0 saturated heterocycles. The van der Waals surface area contributed by atoms with Crippen LogP contribution in [0.25, 0.3) is 0 Å². The number of aliphatic hydroxyl groups excluding tert-OH is 1. The molecule has 19 heavy (non-hydrogen) atoms. The van der Waals surface area contributed by atoms with Crippen molar-refractivity contribution < 1.29 is 9.84 Å². The van der Waals surface area contributed by atoms with Crippen molar-refractivity contribution in [2.24, 2.45) is 5.92 Å². The van der Waals surface area contributed by atoms with Gasteiger partial charge in [-0.2, -0.15) is 0 Å². The third-order valence-electron chi connectivity index (χ3n) is 2.70. The summed E-state index contributed by atoms with van der Waals surface area (Å²) in [6.45, 7) is 2.75. The molecule has 0 fully saturated rings. The van der Waals surface area contributed by atoms with Gasteiger partial charge in [-0.15, -0.1) is 0 Å². The Hall–Kier alpha value is -1.80. The zero-order chi connectivity index (χ0) is 14.4. The minimum absolute atomic E-state index is 0.00583. The van der Waals surface area contributed by atoms with E-state index in [0.29, 0.717) is 13.2 Å². The summed E-state index contributed by atoms with van der Waals surface area (Å²) < 4.78 is 6.11. The second kappa shape index (κ2) is 6.95. The van der Waals surface area contributed by atoms with Crippen molar-refractivity contribution in [3.63, 3.8) is 0 Å². The monoisotopic (exact) mass is 272 g/mol. The molecule has 0 radical (unpaired) electrons. The van der Waals surface area contributed by atoms with Gasteiger partial charge in [-0.05, 0) is 5.92 Å². The Kier molecular flexibility index (Phi) is 5.58. The van der Waals surface area contributed by atoms with Crippen LogP contribution in [-0.4, -0.2) is 41.5 Å². The zero-order valence-electron chi connectivity index (χ0n) is 11.1. The normalized spacial score (nSPS) is 12.4. The minimum Gasteiger partial charge on any atom is -0.396 e. The lowest BCUT2D eigenvalue weighted by atomic mass is 10.2. The molecule has 0 saturated carbocycles. The maximum Gasteiger partial charge on any atom is 0.330 e. The molecule has 0 aliphatic carbocycles. The first-order chi connectivity index (χ1) is 9.01. The van der Waals surface area contributed by atoms with Crippen LogP contribution in [0.15, 0.2) is 9.59 Å². The highest BCUT2D eigenvalue weighted by atomic mass is 16.5. The van der Waals surface area contributed by atoms with E-state index in [2.05, 4.69) is 10.3 Å². The fraction of sp³-hybridized carbons (Fsp3) is 0.636. The summed E-state index contributed by atoms with van der Waals surface area (Å²) >= 11 is 0. The first kappa shape index (κ1) is 15.3. The van der Waals surface area contributed by atoms with E-state index in [-0.39, 0.29) is 30.6 Å². The molecule has 1 aromatic heterocycles. The van der Waals surface area contributed by atoms with Gasteiger partial charge in [0, 0.05) is 20.3 Å². The number of nitrogens with one attached hydrogen (secondary N) is 2. The Labute approximate surface area is 110 Å². The van der Waals surface area contributed by atoms with Gasteiger partial charge in [0.25, 0.3) is 5.56 Å². The standard InChI is InChI=1S/C11H20N4O4/c1-7(6-16)5-13-8-9(12)15(3-4-19-2)11(18)14-10(8)17/h7,13,16H,3-6,12H2,1-2H3,(H,14,17,18). The second-order valence-electron chi connectivity index (χ2n) is 4.33. The van der Waals surface area contributed by atoms with Crippen molar-refractivity contribution in [3.05, 3.63) is 20.8 Å². The molecule has 1 unspecified atom stereocenters. The summed E-state index contributed by atoms with van der Waals surface area (Å²) in [6, 6.07) is 0. The second-order valence-corrected chi connectivity index (χ2v) is 4.33. The van der Waals surface area contributed by atoms with Crippen LogP contribution >= 0.6 is 0 Å². The van der Waals surface area contributed by atoms with Gasteiger partial charge in [0.05, 0.1) is 13.2 Å². The third kappa shape index (κ3) is 3.83. The van der Waals surface area contributed by atoms with Crippen LogP contribution in [0, 0.1) is 5.92 Å². The molecule has 1 heterocycles. The first-order valence-electron chi connectivity index (χ1n) is 5.97. The zero-order valence-corrected chi connectivity index (χ0v) is 11.1. The van der Waals surface area contributed by atoms with Crippen molar-refractivity contribution in [3.8, 4) is 0 Å². The Morgan fingerprint density at radius 2 is 2.21 bits per heavy atom. The predicted octanol–water partition coefficient (Wildman–Crippen LogP) is -1.19. The third-order valence-corrected chi connectivity index (χ3v) is 2.70. The summed E-state index contributed by atoms with van der Waals surface area (Å²) in [5.41, 5.74) is 4.81. The highest BCUT2D eigenvalue weighted by Crippen LogP contribution is 2.10. The number of aromatic nitrogens is 2. The number of hydrogen-bond acceptors (Lipinski definition) is 6. The number of nitrogens with zero attached hydrogens (tertiary/aromatic N) is 1. The fourth-order valence-corrected chi connectivity index (χ4v) is 1.50. The molecule has 0 amide bonds. The lowest BCUT2D eigenvalue weighted by Crippen LogP contribution is -2.35. The van der Waals surface area contributed by atoms with Crippen molar-refractivity contribution in [1.29, 1.82) is 0 Å². The van der Waals surface area contributed by atoms with E-state index in [1.807, 2.05) is 6.92 Å². The van der Waals surface area contributed by atoms with E-state index in [1.165, 1.54) is 11.7 Å². The molecule has 0 aromatic carbocycles. The molecule has 0 bridgehead atoms. The Bertz CT molecular complexity index is 522. The average molecular weight is 272 g/mol. The van der Waals surface area contributed by atoms with Crippen molar-refractivity contribution in [2.45, 2.75) is 13.5 Å². The summed E-state index contributed by atoms with van der Waals surface area (Å²) in [5.74, 6) is 0.0362. The van der Waals surface area contributed by atoms with Crippen LogP contribution in [0.3, 0.4) is 0 Å². The van der Waals surface area contributed by atoms with Gasteiger partial charge < -0.3 is 20.9 Å². The van der Waals surface area contributed by atoms with Crippen LogP contribution in [0.1, 0.15) is 6.92 Å². The number of anilines is 2. The molecule has 8 heteroatoms. The predicted molar refractivity (Wildman–Crippen MR) is 72.4 cm³/mol. The van der Waals surface area contributed by atoms with E-state index in [0.717, 1.165) is 0 Å². The SMILES string of the molecule is COCCn1c(N)c(NCC(C)CO)c(=O)[nH]c1=O. The van der Waals surface area contributed by atoms with Crippen LogP contribution in [0.2, 0.25) is 0 Å².